The molecule has 1 rings (SSSR count). The molecule has 0 aliphatic heterocycles. The van der Waals surface area contributed by atoms with Gasteiger partial charge in [0.15, 0.2) is 0 Å². The van der Waals surface area contributed by atoms with Crippen LogP contribution < -0.4 is 0 Å². The van der Waals surface area contributed by atoms with Gasteiger partial charge in [0.1, 0.15) is 5.78 Å². The second kappa shape index (κ2) is 5.29. The van der Waals surface area contributed by atoms with Crippen LogP contribution in [-0.2, 0) is 4.79 Å². The van der Waals surface area contributed by atoms with Gasteiger partial charge in [-0.15, -0.1) is 0 Å². The minimum absolute atomic E-state index is 0.246. The van der Waals surface area contributed by atoms with Crippen LogP contribution >= 0.6 is 0 Å². The van der Waals surface area contributed by atoms with Gasteiger partial charge in [0.05, 0.1) is 0 Å². The van der Waals surface area contributed by atoms with Crippen molar-refractivity contribution in [3.05, 3.63) is 23.8 Å². The van der Waals surface area contributed by atoms with Crippen molar-refractivity contribution in [1.82, 2.24) is 0 Å². The molecule has 0 fully saturated rings. The highest BCUT2D eigenvalue weighted by Gasteiger charge is 2.24. The molecule has 0 spiro atoms. The van der Waals surface area contributed by atoms with Gasteiger partial charge in [-0.2, -0.15) is 0 Å². The Morgan fingerprint density at radius 2 is 2.27 bits per heavy atom. The number of Topliss-reactive ketones (excluding diaryl/α,β-unsaturated/α-hetero) is 1. The molecule has 0 amide bonds. The van der Waals surface area contributed by atoms with E-state index in [0.29, 0.717) is 11.8 Å². The average Bonchev–Trinajstić information content (AvgIpc) is 2.18. The molecular formula is C14H22O. The minimum atomic E-state index is 0.246. The maximum atomic E-state index is 10.8. The van der Waals surface area contributed by atoms with Crippen molar-refractivity contribution >= 4 is 5.78 Å². The average molecular weight is 206 g/mol. The van der Waals surface area contributed by atoms with E-state index in [1.54, 1.807) is 6.92 Å². The van der Waals surface area contributed by atoms with E-state index in [2.05, 4.69) is 26.0 Å². The maximum absolute atomic E-state index is 10.8. The third-order valence-electron chi connectivity index (χ3n) is 3.25. The summed E-state index contributed by atoms with van der Waals surface area (Å²) >= 11 is 0. The SMILES string of the molecule is CC(=O)CC=CCC1(C)CC=C(C)CC1. The monoisotopic (exact) mass is 206 g/mol. The number of rotatable bonds is 4. The molecule has 0 bridgehead atoms. The van der Waals surface area contributed by atoms with Crippen molar-refractivity contribution in [2.24, 2.45) is 5.41 Å². The molecule has 84 valence electrons. The molecule has 1 aliphatic rings. The zero-order chi connectivity index (χ0) is 11.3. The van der Waals surface area contributed by atoms with Crippen LogP contribution in [0.2, 0.25) is 0 Å². The smallest absolute Gasteiger partial charge is 0.133 e. The van der Waals surface area contributed by atoms with Gasteiger partial charge in [0, 0.05) is 6.42 Å². The van der Waals surface area contributed by atoms with Crippen LogP contribution in [0.1, 0.15) is 52.9 Å². The van der Waals surface area contributed by atoms with Crippen molar-refractivity contribution in [3.63, 3.8) is 0 Å². The third kappa shape index (κ3) is 4.46. The van der Waals surface area contributed by atoms with Gasteiger partial charge >= 0.3 is 0 Å². The predicted molar refractivity (Wildman–Crippen MR) is 64.8 cm³/mol. The molecule has 1 heteroatoms. The highest BCUT2D eigenvalue weighted by Crippen LogP contribution is 2.38. The number of allylic oxidation sites excluding steroid dienone is 4. The van der Waals surface area contributed by atoms with Gasteiger partial charge < -0.3 is 0 Å². The molecule has 1 aliphatic carbocycles. The maximum Gasteiger partial charge on any atom is 0.133 e. The highest BCUT2D eigenvalue weighted by molar-refractivity contribution is 5.76. The largest absolute Gasteiger partial charge is 0.300 e. The van der Waals surface area contributed by atoms with Gasteiger partial charge in [-0.25, -0.2) is 0 Å². The number of hydrogen-bond donors (Lipinski definition) is 0. The molecule has 15 heavy (non-hydrogen) atoms. The van der Waals surface area contributed by atoms with E-state index in [1.807, 2.05) is 6.08 Å². The fourth-order valence-electron chi connectivity index (χ4n) is 1.93. The first-order valence-electron chi connectivity index (χ1n) is 5.82. The van der Waals surface area contributed by atoms with E-state index in [9.17, 15) is 4.79 Å². The number of ketones is 1. The molecular weight excluding hydrogens is 184 g/mol. The van der Waals surface area contributed by atoms with Crippen LogP contribution in [0, 0.1) is 5.41 Å². The molecule has 0 aromatic carbocycles. The molecule has 1 nitrogen and oxygen atoms in total. The quantitative estimate of drug-likeness (QED) is 0.634. The lowest BCUT2D eigenvalue weighted by Crippen LogP contribution is -2.17. The molecule has 1 unspecified atom stereocenters. The Labute approximate surface area is 93.3 Å². The standard InChI is InChI=1S/C14H22O/c1-12-7-10-14(3,11-8-12)9-5-4-6-13(2)15/h4-5,7H,6,8-11H2,1-3H3. The van der Waals surface area contributed by atoms with E-state index < -0.39 is 0 Å². The van der Waals surface area contributed by atoms with E-state index in [0.717, 1.165) is 6.42 Å². The first-order valence-corrected chi connectivity index (χ1v) is 5.82. The zero-order valence-corrected chi connectivity index (χ0v) is 10.2. The summed E-state index contributed by atoms with van der Waals surface area (Å²) in [6, 6.07) is 0. The Morgan fingerprint density at radius 3 is 2.80 bits per heavy atom. The van der Waals surface area contributed by atoms with Crippen LogP contribution in [0.25, 0.3) is 0 Å². The summed E-state index contributed by atoms with van der Waals surface area (Å²) in [6.07, 6.45) is 11.9. The van der Waals surface area contributed by atoms with Crippen molar-refractivity contribution in [2.45, 2.75) is 52.9 Å². The summed E-state index contributed by atoms with van der Waals surface area (Å²) in [5, 5.41) is 0. The summed E-state index contributed by atoms with van der Waals surface area (Å²) < 4.78 is 0. The van der Waals surface area contributed by atoms with Crippen LogP contribution in [0.15, 0.2) is 23.8 Å². The van der Waals surface area contributed by atoms with Crippen LogP contribution in [0.4, 0.5) is 0 Å². The van der Waals surface area contributed by atoms with Gasteiger partial charge in [-0.1, -0.05) is 30.7 Å². The van der Waals surface area contributed by atoms with Crippen LogP contribution in [0.3, 0.4) is 0 Å². The Balaban J connectivity index is 2.38. The predicted octanol–water partition coefficient (Wildman–Crippen LogP) is 4.05. The van der Waals surface area contributed by atoms with E-state index in [-0.39, 0.29) is 5.78 Å². The second-order valence-electron chi connectivity index (χ2n) is 5.15. The minimum Gasteiger partial charge on any atom is -0.300 e. The molecule has 1 atom stereocenters. The summed E-state index contributed by atoms with van der Waals surface area (Å²) in [6.45, 7) is 6.19. The first-order chi connectivity index (χ1) is 7.02. The van der Waals surface area contributed by atoms with Crippen molar-refractivity contribution < 1.29 is 4.79 Å². The molecule has 0 heterocycles. The Morgan fingerprint density at radius 1 is 1.53 bits per heavy atom. The zero-order valence-electron chi connectivity index (χ0n) is 10.2. The third-order valence-corrected chi connectivity index (χ3v) is 3.25. The summed E-state index contributed by atoms with van der Waals surface area (Å²) in [4.78, 5) is 10.8. The topological polar surface area (TPSA) is 17.1 Å². The summed E-state index contributed by atoms with van der Waals surface area (Å²) in [7, 11) is 0. The van der Waals surface area contributed by atoms with Crippen molar-refractivity contribution in [1.29, 1.82) is 0 Å². The molecule has 0 saturated heterocycles. The second-order valence-corrected chi connectivity index (χ2v) is 5.15. The van der Waals surface area contributed by atoms with Gasteiger partial charge in [0.2, 0.25) is 0 Å². The fraction of sp³-hybridized carbons (Fsp3) is 0.643. The Hall–Kier alpha value is -0.850. The molecule has 0 aromatic rings. The normalized spacial score (nSPS) is 26.7. The Bertz CT molecular complexity index is 286. The molecule has 0 aromatic heterocycles. The molecule has 0 saturated carbocycles. The van der Waals surface area contributed by atoms with Gasteiger partial charge in [-0.3, -0.25) is 4.79 Å². The fourth-order valence-corrected chi connectivity index (χ4v) is 1.93. The van der Waals surface area contributed by atoms with E-state index in [1.165, 1.54) is 24.8 Å². The lowest BCUT2D eigenvalue weighted by Gasteiger charge is -2.31. The highest BCUT2D eigenvalue weighted by atomic mass is 16.1. The van der Waals surface area contributed by atoms with Crippen molar-refractivity contribution in [3.8, 4) is 0 Å². The van der Waals surface area contributed by atoms with Crippen LogP contribution in [-0.4, -0.2) is 5.78 Å². The number of hydrogen-bond acceptors (Lipinski definition) is 1. The van der Waals surface area contributed by atoms with Crippen LogP contribution in [0.5, 0.6) is 0 Å². The van der Waals surface area contributed by atoms with Crippen molar-refractivity contribution in [2.75, 3.05) is 0 Å². The number of carbonyl (C=O) groups excluding carboxylic acids is 1. The summed E-state index contributed by atoms with van der Waals surface area (Å²) in [5.41, 5.74) is 1.95. The van der Waals surface area contributed by atoms with E-state index in [4.69, 9.17) is 0 Å². The lowest BCUT2D eigenvalue weighted by molar-refractivity contribution is -0.116. The number of carbonyl (C=O) groups is 1. The lowest BCUT2D eigenvalue weighted by atomic mass is 9.74. The molecule has 0 radical (unpaired) electrons. The molecule has 0 N–H and O–H groups in total. The van der Waals surface area contributed by atoms with Gasteiger partial charge in [-0.05, 0) is 44.9 Å². The first kappa shape index (κ1) is 12.2. The Kier molecular flexibility index (Phi) is 4.31. The van der Waals surface area contributed by atoms with E-state index >= 15 is 0 Å². The van der Waals surface area contributed by atoms with Gasteiger partial charge in [0.25, 0.3) is 0 Å². The summed E-state index contributed by atoms with van der Waals surface area (Å²) in [5.74, 6) is 0.246.